The van der Waals surface area contributed by atoms with Crippen LogP contribution in [0.3, 0.4) is 0 Å². The first-order valence-corrected chi connectivity index (χ1v) is 37.7. The zero-order valence-corrected chi connectivity index (χ0v) is 63.2. The van der Waals surface area contributed by atoms with Gasteiger partial charge < -0.3 is 34.7 Å². The number of sulfone groups is 1. The Balaban J connectivity index is 0.000000246. The van der Waals surface area contributed by atoms with Gasteiger partial charge in [-0.25, -0.2) is 26.6 Å². The number of rotatable bonds is 18. The number of aromatic nitrogens is 2. The van der Waals surface area contributed by atoms with E-state index in [0.29, 0.717) is 137 Å². The fourth-order valence-corrected chi connectivity index (χ4v) is 15.5. The van der Waals surface area contributed by atoms with Crippen molar-refractivity contribution in [2.45, 2.75) is 136 Å². The van der Waals surface area contributed by atoms with Crippen LogP contribution in [0.2, 0.25) is 0 Å². The molecule has 0 spiro atoms. The van der Waals surface area contributed by atoms with Gasteiger partial charge in [-0.1, -0.05) is 83.0 Å². The van der Waals surface area contributed by atoms with Crippen LogP contribution in [0.15, 0.2) is 142 Å². The number of carbonyl (C=O) groups is 3. The number of H-pyrrole nitrogens is 1. The number of piperazine rings is 1. The summed E-state index contributed by atoms with van der Waals surface area (Å²) in [5, 5.41) is 33.8. The molecule has 5 aliphatic rings. The number of nitrogens with zero attached hydrogens (tertiary/aromatic N) is 4. The van der Waals surface area contributed by atoms with Gasteiger partial charge in [0.25, 0.3) is 5.69 Å². The number of ether oxygens (including phenoxy) is 2. The Morgan fingerprint density at radius 3 is 1.81 bits per heavy atom. The molecule has 2 aliphatic heterocycles. The number of pyridine rings is 1. The predicted octanol–water partition coefficient (Wildman–Crippen LogP) is 18.1. The van der Waals surface area contributed by atoms with Crippen molar-refractivity contribution in [3.05, 3.63) is 198 Å². The van der Waals surface area contributed by atoms with Gasteiger partial charge in [0.15, 0.2) is 15.6 Å². The normalized spacial score (nSPS) is 17.7. The Hall–Kier alpha value is -8.88. The minimum Gasteiger partial charge on any atom is -0.455 e. The molecule has 0 amide bonds. The zero-order chi connectivity index (χ0) is 81.3. The molecule has 7 aromatic rings. The first kappa shape index (κ1) is 86.1. The van der Waals surface area contributed by atoms with E-state index < -0.39 is 97.2 Å². The first-order chi connectivity index (χ1) is 51.9. The van der Waals surface area contributed by atoms with E-state index in [4.69, 9.17) is 31.1 Å². The van der Waals surface area contributed by atoms with Gasteiger partial charge >= 0.3 is 25.6 Å². The van der Waals surface area contributed by atoms with Crippen molar-refractivity contribution in [1.29, 1.82) is 0 Å². The number of fused-ring (bicyclic) bond motifs is 1. The number of aromatic amines is 1. The average molecular weight is 1600 g/mol. The molecule has 2 saturated heterocycles. The number of aldehydes is 2. The molecule has 596 valence electrons. The molecular formula is C79H84BClF12N6O11S. The fraction of sp³-hybridized carbons (Fsp3) is 0.418. The van der Waals surface area contributed by atoms with Gasteiger partial charge in [0, 0.05) is 109 Å². The average Bonchev–Trinajstić information content (AvgIpc) is 1.08. The van der Waals surface area contributed by atoms with E-state index >= 15 is 4.39 Å². The number of halogens is 13. The van der Waals surface area contributed by atoms with Crippen LogP contribution < -0.4 is 20.4 Å². The van der Waals surface area contributed by atoms with Gasteiger partial charge in [0.2, 0.25) is 0 Å². The van der Waals surface area contributed by atoms with Crippen molar-refractivity contribution in [3.8, 4) is 11.5 Å². The summed E-state index contributed by atoms with van der Waals surface area (Å²) in [6.45, 7) is 17.0. The molecule has 2 aromatic heterocycles. The van der Waals surface area contributed by atoms with Gasteiger partial charge in [-0.3, -0.25) is 29.4 Å². The molecule has 4 N–H and O–H groups in total. The summed E-state index contributed by atoms with van der Waals surface area (Å²) >= 11 is 5.92. The van der Waals surface area contributed by atoms with E-state index in [1.165, 1.54) is 30.5 Å². The van der Waals surface area contributed by atoms with Gasteiger partial charge in [0.05, 0.1) is 38.3 Å². The molecule has 0 unspecified atom stereocenters. The summed E-state index contributed by atoms with van der Waals surface area (Å²) in [6.07, 6.45) is -0.849. The van der Waals surface area contributed by atoms with Crippen LogP contribution in [0.25, 0.3) is 22.2 Å². The SMILES string of the molecule is CC1(C)CCC(C=O)=C(Cl)C1.CC1(C)CCC(C=O)=C(c2ccc(C(F)(F)F)cc2F)C1.CC1(C)CCC(CN2CCN(c3ccc(C(=O)CS(=O)(=O)c4ccc(NCC5CCOCC5)c([N+](=O)[O-])c4)c(Oc4cnc5[nH]ccc5c4)c3)CC2)=C(c2ccc(C(F)(F)F)cc2F)C1.OB(O)c1ccc(C(F)(F)F)cc1F. The van der Waals surface area contributed by atoms with Crippen LogP contribution >= 0.6 is 11.6 Å². The van der Waals surface area contributed by atoms with Crippen molar-refractivity contribution in [2.75, 3.05) is 68.5 Å². The number of nitrogens with one attached hydrogen (secondary N) is 2. The number of ketones is 1. The zero-order valence-electron chi connectivity index (χ0n) is 61.6. The van der Waals surface area contributed by atoms with Crippen LogP contribution in [-0.4, -0.2) is 122 Å². The van der Waals surface area contributed by atoms with Crippen LogP contribution in [0, 0.1) is 49.7 Å². The molecule has 4 heterocycles. The largest absolute Gasteiger partial charge is 0.491 e. The van der Waals surface area contributed by atoms with Gasteiger partial charge in [-0.05, 0) is 176 Å². The number of hydrogen-bond acceptors (Lipinski definition) is 15. The molecule has 111 heavy (non-hydrogen) atoms. The molecule has 0 saturated carbocycles. The lowest BCUT2D eigenvalue weighted by molar-refractivity contribution is -0.384. The van der Waals surface area contributed by atoms with Gasteiger partial charge in [0.1, 0.15) is 58.6 Å². The van der Waals surface area contributed by atoms with E-state index in [9.17, 15) is 81.2 Å². The summed E-state index contributed by atoms with van der Waals surface area (Å²) in [7, 11) is -6.48. The molecule has 32 heteroatoms. The van der Waals surface area contributed by atoms with Crippen LogP contribution in [-0.2, 0) is 42.7 Å². The smallest absolute Gasteiger partial charge is 0.455 e. The van der Waals surface area contributed by atoms with Gasteiger partial charge in [-0.15, -0.1) is 0 Å². The highest BCUT2D eigenvalue weighted by molar-refractivity contribution is 7.92. The summed E-state index contributed by atoms with van der Waals surface area (Å²) in [6, 6.07) is 18.8. The molecule has 0 radical (unpaired) electrons. The Morgan fingerprint density at radius 1 is 0.712 bits per heavy atom. The van der Waals surface area contributed by atoms with E-state index in [-0.39, 0.29) is 61.3 Å². The lowest BCUT2D eigenvalue weighted by atomic mass is 9.72. The van der Waals surface area contributed by atoms with Crippen molar-refractivity contribution in [1.82, 2.24) is 14.9 Å². The highest BCUT2D eigenvalue weighted by Crippen LogP contribution is 2.47. The molecule has 3 aliphatic carbocycles. The number of anilines is 2. The number of alkyl halides is 9. The molecule has 5 aromatic carbocycles. The topological polar surface area (TPSA) is 235 Å². The Bertz CT molecular complexity index is 4800. The Labute approximate surface area is 639 Å². The number of Topliss-reactive ketones (excluding diaryl/α,β-unsaturated/α-hetero) is 1. The third-order valence-corrected chi connectivity index (χ3v) is 22.3. The molecular weight excluding hydrogens is 1520 g/mol. The summed E-state index contributed by atoms with van der Waals surface area (Å²) in [4.78, 5) is 58.4. The summed E-state index contributed by atoms with van der Waals surface area (Å²) in [5.74, 6) is -4.22. The standard InChI is InChI=1S/C47H50F4N6O7S.C16H16F4O.C9H13ClO.C7H5BF4O2/c1-46(2)13-9-32(39(25-46)37-6-3-33(22-40(37)48)47(49,50)51)28-55-15-17-56(18-16-55)34-4-7-38(44(23-34)64-35-21-31-10-14-52-45(31)54-27-35)43(58)29-65(61,62)36-5-8-41(42(24-36)57(59)60)53-26-30-11-19-63-20-12-30;1-15(2)6-5-10(9-21)13(8-15)12-4-3-11(7-14(12)17)16(18,19)20;1-9(2)4-3-7(6-11)8(10)5-9;9-6-3-4(7(10,11)12)1-2-5(6)8(13)14/h3-8,10,14,21-24,27,30,53H,9,11-13,15-20,25-26,28-29H2,1-2H3,(H,52,54);3-4,7,9H,5-6,8H2,1-2H3;6H,3-5H2,1-2H3;1-3,13-14H. The predicted molar refractivity (Wildman–Crippen MR) is 399 cm³/mol. The first-order valence-electron chi connectivity index (χ1n) is 35.7. The highest BCUT2D eigenvalue weighted by atomic mass is 35.5. The second kappa shape index (κ2) is 35.4. The van der Waals surface area contributed by atoms with E-state index in [0.717, 1.165) is 103 Å². The fourth-order valence-electron chi connectivity index (χ4n) is 13.7. The van der Waals surface area contributed by atoms with Crippen molar-refractivity contribution >= 4 is 91.6 Å². The van der Waals surface area contributed by atoms with E-state index in [1.807, 2.05) is 19.9 Å². The third-order valence-electron chi connectivity index (χ3n) is 20.3. The molecule has 17 nitrogen and oxygen atoms in total. The maximum Gasteiger partial charge on any atom is 0.491 e. The van der Waals surface area contributed by atoms with Gasteiger partial charge in [-0.2, -0.15) is 39.5 Å². The maximum absolute atomic E-state index is 15.3. The van der Waals surface area contributed by atoms with Crippen molar-refractivity contribution in [3.63, 3.8) is 0 Å². The van der Waals surface area contributed by atoms with Crippen molar-refractivity contribution < 1.29 is 99.9 Å². The third kappa shape index (κ3) is 22.9. The second-order valence-corrected chi connectivity index (χ2v) is 32.9. The molecule has 12 rings (SSSR count). The number of hydrogen-bond donors (Lipinski definition) is 4. The van der Waals surface area contributed by atoms with E-state index in [1.54, 1.807) is 24.4 Å². The van der Waals surface area contributed by atoms with Crippen LogP contribution in [0.1, 0.15) is 150 Å². The number of carbonyl (C=O) groups excluding carboxylic acids is 3. The molecule has 0 atom stereocenters. The number of benzene rings is 5. The number of nitro benzene ring substituents is 1. The second-order valence-electron chi connectivity index (χ2n) is 30.5. The lowest BCUT2D eigenvalue weighted by Crippen LogP contribution is -2.47. The number of allylic oxidation sites excluding steroid dienone is 5. The summed E-state index contributed by atoms with van der Waals surface area (Å²) in [5.41, 5.74) is 1.17. The minimum absolute atomic E-state index is 0.00966. The minimum atomic E-state index is -4.65. The maximum atomic E-state index is 15.3. The molecule has 0 bridgehead atoms. The van der Waals surface area contributed by atoms with E-state index in [2.05, 4.69) is 52.8 Å². The lowest BCUT2D eigenvalue weighted by Gasteiger charge is -2.39. The monoisotopic (exact) mass is 1600 g/mol. The quantitative estimate of drug-likeness (QED) is 0.0156. The van der Waals surface area contributed by atoms with Crippen molar-refractivity contribution in [2.24, 2.45) is 22.2 Å². The highest BCUT2D eigenvalue weighted by Gasteiger charge is 2.38. The Morgan fingerprint density at radius 2 is 1.26 bits per heavy atom. The number of nitro groups is 1. The summed E-state index contributed by atoms with van der Waals surface area (Å²) < 4.78 is 195. The van der Waals surface area contributed by atoms with Crippen LogP contribution in [0.4, 0.5) is 69.7 Å². The molecule has 2 fully saturated rings. The van der Waals surface area contributed by atoms with Crippen LogP contribution in [0.5, 0.6) is 11.5 Å². The Kier molecular flexibility index (Phi) is 27.5.